The minimum Gasteiger partial charge on any atom is -0.468 e. The third kappa shape index (κ3) is 3.32. The van der Waals surface area contributed by atoms with Crippen LogP contribution in [0.25, 0.3) is 0 Å². The van der Waals surface area contributed by atoms with E-state index in [2.05, 4.69) is 28.3 Å². The van der Waals surface area contributed by atoms with Crippen molar-refractivity contribution < 1.29 is 4.42 Å². The minimum absolute atomic E-state index is 0.810. The predicted octanol–water partition coefficient (Wildman–Crippen LogP) is 2.35. The molecular formula is C13H17N3O. The summed E-state index contributed by atoms with van der Waals surface area (Å²) in [5, 5.41) is 3.04. The number of furan rings is 1. The van der Waals surface area contributed by atoms with Gasteiger partial charge in [-0.05, 0) is 36.9 Å². The first-order valence-corrected chi connectivity index (χ1v) is 5.61. The van der Waals surface area contributed by atoms with Crippen LogP contribution >= 0.6 is 0 Å². The Labute approximate surface area is 101 Å². The highest BCUT2D eigenvalue weighted by molar-refractivity contribution is 5.36. The Kier molecular flexibility index (Phi) is 3.77. The van der Waals surface area contributed by atoms with Gasteiger partial charge in [-0.1, -0.05) is 0 Å². The van der Waals surface area contributed by atoms with Crippen LogP contribution in [0, 0.1) is 0 Å². The number of hydrogen-bond acceptors (Lipinski definition) is 4. The van der Waals surface area contributed by atoms with E-state index in [1.165, 1.54) is 5.56 Å². The molecule has 17 heavy (non-hydrogen) atoms. The molecule has 0 spiro atoms. The van der Waals surface area contributed by atoms with E-state index in [0.29, 0.717) is 0 Å². The average molecular weight is 231 g/mol. The highest BCUT2D eigenvalue weighted by Crippen LogP contribution is 2.10. The number of nitrogens with zero attached hydrogens (tertiary/aromatic N) is 2. The number of aromatic nitrogens is 1. The van der Waals surface area contributed by atoms with Crippen LogP contribution in [0.3, 0.4) is 0 Å². The number of pyridine rings is 1. The Balaban J connectivity index is 1.95. The molecule has 0 bridgehead atoms. The Hall–Kier alpha value is -1.81. The molecule has 0 saturated carbocycles. The zero-order chi connectivity index (χ0) is 12.1. The fourth-order valence-corrected chi connectivity index (χ4v) is 1.75. The molecule has 0 unspecified atom stereocenters. The first-order valence-electron chi connectivity index (χ1n) is 5.61. The molecule has 2 aromatic heterocycles. The second kappa shape index (κ2) is 5.50. The monoisotopic (exact) mass is 231 g/mol. The van der Waals surface area contributed by atoms with Crippen LogP contribution < -0.4 is 5.32 Å². The second-order valence-electron chi connectivity index (χ2n) is 4.05. The van der Waals surface area contributed by atoms with Crippen molar-refractivity contribution in [1.82, 2.24) is 9.88 Å². The molecule has 2 heterocycles. The SMILES string of the molecule is CNc1cc(CN(C)Cc2ccco2)ccn1. The molecular weight excluding hydrogens is 214 g/mol. The van der Waals surface area contributed by atoms with Gasteiger partial charge in [0.15, 0.2) is 0 Å². The highest BCUT2D eigenvalue weighted by atomic mass is 16.3. The highest BCUT2D eigenvalue weighted by Gasteiger charge is 2.04. The molecule has 0 atom stereocenters. The van der Waals surface area contributed by atoms with E-state index in [1.807, 2.05) is 31.4 Å². The molecule has 0 radical (unpaired) electrons. The van der Waals surface area contributed by atoms with E-state index in [1.54, 1.807) is 6.26 Å². The molecule has 0 aromatic carbocycles. The quantitative estimate of drug-likeness (QED) is 0.857. The number of hydrogen-bond donors (Lipinski definition) is 1. The molecule has 0 amide bonds. The van der Waals surface area contributed by atoms with Gasteiger partial charge in [0, 0.05) is 19.8 Å². The number of nitrogens with one attached hydrogen (secondary N) is 1. The molecule has 4 heteroatoms. The van der Waals surface area contributed by atoms with Crippen LogP contribution in [-0.4, -0.2) is 24.0 Å². The number of rotatable bonds is 5. The van der Waals surface area contributed by atoms with Crippen LogP contribution in [0.1, 0.15) is 11.3 Å². The lowest BCUT2D eigenvalue weighted by Crippen LogP contribution is -2.17. The predicted molar refractivity (Wildman–Crippen MR) is 67.7 cm³/mol. The van der Waals surface area contributed by atoms with Gasteiger partial charge in [-0.3, -0.25) is 4.90 Å². The van der Waals surface area contributed by atoms with Crippen molar-refractivity contribution >= 4 is 5.82 Å². The summed E-state index contributed by atoms with van der Waals surface area (Å²) >= 11 is 0. The maximum atomic E-state index is 5.32. The minimum atomic E-state index is 0.810. The topological polar surface area (TPSA) is 41.3 Å². The molecule has 1 N–H and O–H groups in total. The molecule has 90 valence electrons. The summed E-state index contributed by atoms with van der Waals surface area (Å²) in [7, 11) is 3.95. The van der Waals surface area contributed by atoms with Gasteiger partial charge in [0.25, 0.3) is 0 Å². The molecule has 2 rings (SSSR count). The van der Waals surface area contributed by atoms with Crippen LogP contribution in [0.2, 0.25) is 0 Å². The summed E-state index contributed by atoms with van der Waals surface area (Å²) < 4.78 is 5.32. The first-order chi connectivity index (χ1) is 8.28. The molecule has 0 saturated heterocycles. The van der Waals surface area contributed by atoms with Gasteiger partial charge in [-0.15, -0.1) is 0 Å². The molecule has 2 aromatic rings. The fraction of sp³-hybridized carbons (Fsp3) is 0.308. The van der Waals surface area contributed by atoms with E-state index in [9.17, 15) is 0 Å². The Morgan fingerprint density at radius 2 is 2.24 bits per heavy atom. The van der Waals surface area contributed by atoms with Crippen LogP contribution in [0.5, 0.6) is 0 Å². The van der Waals surface area contributed by atoms with Gasteiger partial charge in [-0.25, -0.2) is 4.98 Å². The van der Waals surface area contributed by atoms with Gasteiger partial charge < -0.3 is 9.73 Å². The van der Waals surface area contributed by atoms with Gasteiger partial charge in [-0.2, -0.15) is 0 Å². The van der Waals surface area contributed by atoms with E-state index in [0.717, 1.165) is 24.7 Å². The van der Waals surface area contributed by atoms with Crippen molar-refractivity contribution in [1.29, 1.82) is 0 Å². The average Bonchev–Trinajstić information content (AvgIpc) is 2.82. The van der Waals surface area contributed by atoms with E-state index >= 15 is 0 Å². The van der Waals surface area contributed by atoms with Crippen LogP contribution in [0.4, 0.5) is 5.82 Å². The van der Waals surface area contributed by atoms with Crippen molar-refractivity contribution in [3.05, 3.63) is 48.0 Å². The largest absolute Gasteiger partial charge is 0.468 e. The molecule has 0 aliphatic heterocycles. The van der Waals surface area contributed by atoms with Gasteiger partial charge in [0.05, 0.1) is 12.8 Å². The van der Waals surface area contributed by atoms with Crippen LogP contribution in [0.15, 0.2) is 41.1 Å². The summed E-state index contributed by atoms with van der Waals surface area (Å²) in [5.41, 5.74) is 1.23. The fourth-order valence-electron chi connectivity index (χ4n) is 1.75. The Morgan fingerprint density at radius 1 is 1.35 bits per heavy atom. The summed E-state index contributed by atoms with van der Waals surface area (Å²) in [4.78, 5) is 6.39. The maximum Gasteiger partial charge on any atom is 0.125 e. The molecule has 0 aliphatic carbocycles. The normalized spacial score (nSPS) is 10.8. The van der Waals surface area contributed by atoms with Crippen LogP contribution in [-0.2, 0) is 13.1 Å². The van der Waals surface area contributed by atoms with Crippen molar-refractivity contribution in [3.8, 4) is 0 Å². The van der Waals surface area contributed by atoms with Gasteiger partial charge >= 0.3 is 0 Å². The van der Waals surface area contributed by atoms with Crippen molar-refractivity contribution in [2.75, 3.05) is 19.4 Å². The lowest BCUT2D eigenvalue weighted by atomic mass is 10.2. The van der Waals surface area contributed by atoms with Gasteiger partial charge in [0.1, 0.15) is 11.6 Å². The molecule has 0 aliphatic rings. The van der Waals surface area contributed by atoms with Crippen molar-refractivity contribution in [2.24, 2.45) is 0 Å². The smallest absolute Gasteiger partial charge is 0.125 e. The first kappa shape index (κ1) is 11.7. The summed E-state index contributed by atoms with van der Waals surface area (Å²) in [5.74, 6) is 1.88. The van der Waals surface area contributed by atoms with Crippen molar-refractivity contribution in [2.45, 2.75) is 13.1 Å². The molecule has 0 fully saturated rings. The summed E-state index contributed by atoms with van der Waals surface area (Å²) in [6, 6.07) is 7.98. The zero-order valence-corrected chi connectivity index (χ0v) is 10.2. The zero-order valence-electron chi connectivity index (χ0n) is 10.2. The van der Waals surface area contributed by atoms with E-state index in [4.69, 9.17) is 4.42 Å². The summed E-state index contributed by atoms with van der Waals surface area (Å²) in [6.07, 6.45) is 3.52. The lowest BCUT2D eigenvalue weighted by molar-refractivity contribution is 0.288. The standard InChI is InChI=1S/C13H17N3O/c1-14-13-8-11(5-6-15-13)9-16(2)10-12-4-3-7-17-12/h3-8H,9-10H2,1-2H3,(H,14,15). The Bertz CT molecular complexity index is 453. The third-order valence-electron chi connectivity index (χ3n) is 2.54. The van der Waals surface area contributed by atoms with E-state index in [-0.39, 0.29) is 0 Å². The lowest BCUT2D eigenvalue weighted by Gasteiger charge is -2.15. The van der Waals surface area contributed by atoms with E-state index < -0.39 is 0 Å². The van der Waals surface area contributed by atoms with Crippen molar-refractivity contribution in [3.63, 3.8) is 0 Å². The molecule has 4 nitrogen and oxygen atoms in total. The third-order valence-corrected chi connectivity index (χ3v) is 2.54. The Morgan fingerprint density at radius 3 is 2.94 bits per heavy atom. The van der Waals surface area contributed by atoms with Gasteiger partial charge in [0.2, 0.25) is 0 Å². The summed E-state index contributed by atoms with van der Waals surface area (Å²) in [6.45, 7) is 1.68. The second-order valence-corrected chi connectivity index (χ2v) is 4.05. The number of anilines is 1. The maximum absolute atomic E-state index is 5.32.